The third-order valence-corrected chi connectivity index (χ3v) is 2.98. The first-order valence-corrected chi connectivity index (χ1v) is 4.77. The van der Waals surface area contributed by atoms with Gasteiger partial charge in [-0.2, -0.15) is 0 Å². The van der Waals surface area contributed by atoms with Crippen LogP contribution in [0.5, 0.6) is 0 Å². The Morgan fingerprint density at radius 1 is 1.40 bits per heavy atom. The molecule has 0 bridgehead atoms. The fraction of sp³-hybridized carbons (Fsp3) is 0.143. The summed E-state index contributed by atoms with van der Waals surface area (Å²) in [5.41, 5.74) is 0.109. The number of carbonyl (C=O) groups excluding carboxylic acids is 2. The number of carbonyl (C=O) groups is 2. The maximum absolute atomic E-state index is 11.2. The van der Waals surface area contributed by atoms with E-state index in [1.165, 1.54) is 6.08 Å². The molecule has 0 aromatic heterocycles. The minimum Gasteiger partial charge on any atom is -0.302 e. The first kappa shape index (κ1) is 9.71. The van der Waals surface area contributed by atoms with Crippen LogP contribution in [0.2, 0.25) is 0 Å². The van der Waals surface area contributed by atoms with Gasteiger partial charge in [-0.1, -0.05) is 0 Å². The zero-order valence-corrected chi connectivity index (χ0v) is 8.09. The van der Waals surface area contributed by atoms with Crippen molar-refractivity contribution in [1.29, 1.82) is 0 Å². The van der Waals surface area contributed by atoms with Crippen LogP contribution in [0.15, 0.2) is 21.7 Å². The second kappa shape index (κ2) is 3.39. The van der Waals surface area contributed by atoms with E-state index < -0.39 is 16.9 Å². The van der Waals surface area contributed by atoms with Crippen LogP contribution >= 0.6 is 11.8 Å². The topological polar surface area (TPSA) is 101 Å². The molecule has 2 aliphatic heterocycles. The van der Waals surface area contributed by atoms with Gasteiger partial charge in [0.25, 0.3) is 5.91 Å². The van der Waals surface area contributed by atoms with E-state index in [4.69, 9.17) is 0 Å². The summed E-state index contributed by atoms with van der Waals surface area (Å²) in [5, 5.41) is 14.7. The molecule has 2 heterocycles. The van der Waals surface area contributed by atoms with Crippen molar-refractivity contribution in [1.82, 2.24) is 10.6 Å². The first-order valence-electron chi connectivity index (χ1n) is 3.96. The highest BCUT2D eigenvalue weighted by Gasteiger charge is 2.31. The van der Waals surface area contributed by atoms with E-state index in [0.29, 0.717) is 11.3 Å². The van der Waals surface area contributed by atoms with Gasteiger partial charge in [0, 0.05) is 17.4 Å². The fourth-order valence-electron chi connectivity index (χ4n) is 1.22. The van der Waals surface area contributed by atoms with Crippen molar-refractivity contribution in [2.24, 2.45) is 0 Å². The molecule has 0 spiro atoms. The molecule has 8 heteroatoms. The quantitative estimate of drug-likeness (QED) is 0.290. The van der Waals surface area contributed by atoms with Crippen molar-refractivity contribution in [3.05, 3.63) is 31.8 Å². The Morgan fingerprint density at radius 2 is 2.13 bits per heavy atom. The largest absolute Gasteiger partial charge is 0.326 e. The van der Waals surface area contributed by atoms with Gasteiger partial charge < -0.3 is 5.32 Å². The number of rotatable bonds is 1. The lowest BCUT2D eigenvalue weighted by Gasteiger charge is -1.98. The second-order valence-electron chi connectivity index (χ2n) is 2.81. The number of amides is 3. The van der Waals surface area contributed by atoms with E-state index in [1.54, 1.807) is 0 Å². The molecule has 0 unspecified atom stereocenters. The summed E-state index contributed by atoms with van der Waals surface area (Å²) in [7, 11) is 0. The molecule has 3 amide bonds. The minimum atomic E-state index is -0.599. The molecule has 2 rings (SSSR count). The molecule has 1 fully saturated rings. The number of urea groups is 1. The van der Waals surface area contributed by atoms with E-state index in [0.717, 1.165) is 11.8 Å². The first-order chi connectivity index (χ1) is 7.08. The van der Waals surface area contributed by atoms with Gasteiger partial charge in [-0.05, 0) is 11.8 Å². The summed E-state index contributed by atoms with van der Waals surface area (Å²) in [6.45, 7) is 0. The Kier molecular flexibility index (Phi) is 2.19. The molecule has 0 aromatic rings. The van der Waals surface area contributed by atoms with Crippen molar-refractivity contribution in [2.45, 2.75) is 6.42 Å². The summed E-state index contributed by atoms with van der Waals surface area (Å²) < 4.78 is 0. The second-order valence-corrected chi connectivity index (χ2v) is 3.93. The highest BCUT2D eigenvalue weighted by molar-refractivity contribution is 8.06. The van der Waals surface area contributed by atoms with E-state index in [1.807, 2.05) is 5.32 Å². The summed E-state index contributed by atoms with van der Waals surface area (Å²) >= 11 is 0.888. The van der Waals surface area contributed by atoms with Crippen LogP contribution in [0.25, 0.3) is 0 Å². The monoisotopic (exact) mass is 227 g/mol. The summed E-state index contributed by atoms with van der Waals surface area (Å²) in [6.07, 6.45) is 1.70. The minimum absolute atomic E-state index is 0.0218. The third kappa shape index (κ3) is 1.71. The van der Waals surface area contributed by atoms with Gasteiger partial charge in [-0.15, -0.1) is 0 Å². The van der Waals surface area contributed by atoms with E-state index in [2.05, 4.69) is 5.32 Å². The lowest BCUT2D eigenvalue weighted by molar-refractivity contribution is -0.410. The Bertz CT molecular complexity index is 440. The Labute approximate surface area is 87.7 Å². The maximum atomic E-state index is 11.2. The normalized spacial score (nSPS) is 24.9. The Morgan fingerprint density at radius 3 is 2.60 bits per heavy atom. The van der Waals surface area contributed by atoms with Crippen LogP contribution in [0.4, 0.5) is 4.79 Å². The average Bonchev–Trinajstić information content (AvgIpc) is 2.71. The van der Waals surface area contributed by atoms with E-state index in [9.17, 15) is 19.7 Å². The number of thioether (sulfide) groups is 1. The Hall–Kier alpha value is -1.83. The number of nitro groups is 1. The SMILES string of the molecule is O=C1NC(=O)/C(=C2\CC=C([N+](=O)[O-])S2)N1. The van der Waals surface area contributed by atoms with Crippen molar-refractivity contribution in [2.75, 3.05) is 0 Å². The molecule has 15 heavy (non-hydrogen) atoms. The molecule has 0 saturated carbocycles. The lowest BCUT2D eigenvalue weighted by atomic mass is 10.3. The fourth-order valence-corrected chi connectivity index (χ4v) is 2.12. The van der Waals surface area contributed by atoms with Gasteiger partial charge in [0.1, 0.15) is 5.70 Å². The Balaban J connectivity index is 2.22. The van der Waals surface area contributed by atoms with Gasteiger partial charge in [-0.3, -0.25) is 20.2 Å². The van der Waals surface area contributed by atoms with Crippen LogP contribution in [-0.2, 0) is 4.79 Å². The third-order valence-electron chi connectivity index (χ3n) is 1.84. The average molecular weight is 227 g/mol. The zero-order chi connectivity index (χ0) is 11.0. The van der Waals surface area contributed by atoms with Gasteiger partial charge >= 0.3 is 11.1 Å². The van der Waals surface area contributed by atoms with Crippen molar-refractivity contribution in [3.8, 4) is 0 Å². The molecule has 2 aliphatic rings. The van der Waals surface area contributed by atoms with Crippen LogP contribution < -0.4 is 10.6 Å². The summed E-state index contributed by atoms with van der Waals surface area (Å²) in [5.74, 6) is -0.541. The number of hydrogen-bond donors (Lipinski definition) is 2. The molecule has 0 atom stereocenters. The van der Waals surface area contributed by atoms with Crippen LogP contribution in [0.3, 0.4) is 0 Å². The highest BCUT2D eigenvalue weighted by Crippen LogP contribution is 2.37. The van der Waals surface area contributed by atoms with E-state index >= 15 is 0 Å². The van der Waals surface area contributed by atoms with Crippen LogP contribution in [-0.4, -0.2) is 16.9 Å². The standard InChI is InChI=1S/C7H5N3O4S/c11-6-5(8-7(12)9-6)3-1-2-4(15-3)10(13)14/h2H,1H2,(H2,8,9,11,12)/b5-3-. The smallest absolute Gasteiger partial charge is 0.302 e. The maximum Gasteiger partial charge on any atom is 0.326 e. The lowest BCUT2D eigenvalue weighted by Crippen LogP contribution is -2.22. The van der Waals surface area contributed by atoms with Gasteiger partial charge in [0.2, 0.25) is 0 Å². The number of nitrogens with one attached hydrogen (secondary N) is 2. The van der Waals surface area contributed by atoms with Crippen LogP contribution in [0, 0.1) is 10.1 Å². The molecule has 78 valence electrons. The number of nitrogens with zero attached hydrogens (tertiary/aromatic N) is 1. The number of hydrogen-bond acceptors (Lipinski definition) is 5. The van der Waals surface area contributed by atoms with Crippen LogP contribution in [0.1, 0.15) is 6.42 Å². The van der Waals surface area contributed by atoms with Gasteiger partial charge in [0.05, 0.1) is 4.92 Å². The summed E-state index contributed by atoms with van der Waals surface area (Å²) in [6, 6.07) is -0.599. The van der Waals surface area contributed by atoms with Gasteiger partial charge in [0.15, 0.2) is 0 Å². The van der Waals surface area contributed by atoms with Crippen molar-refractivity contribution >= 4 is 23.7 Å². The van der Waals surface area contributed by atoms with Crippen molar-refractivity contribution < 1.29 is 14.5 Å². The number of imide groups is 1. The molecular formula is C7H5N3O4S. The van der Waals surface area contributed by atoms with Crippen molar-refractivity contribution in [3.63, 3.8) is 0 Å². The van der Waals surface area contributed by atoms with Gasteiger partial charge in [-0.25, -0.2) is 4.79 Å². The molecular weight excluding hydrogens is 222 g/mol. The zero-order valence-electron chi connectivity index (χ0n) is 7.27. The summed E-state index contributed by atoms with van der Waals surface area (Å²) in [4.78, 5) is 32.4. The molecule has 0 radical (unpaired) electrons. The number of allylic oxidation sites excluding steroid dienone is 2. The highest BCUT2D eigenvalue weighted by atomic mass is 32.2. The van der Waals surface area contributed by atoms with E-state index in [-0.39, 0.29) is 10.7 Å². The molecule has 0 aliphatic carbocycles. The predicted octanol–water partition coefficient (Wildman–Crippen LogP) is 0.292. The predicted molar refractivity (Wildman–Crippen MR) is 51.0 cm³/mol. The molecule has 2 N–H and O–H groups in total. The molecule has 1 saturated heterocycles. The molecule has 7 nitrogen and oxygen atoms in total. The molecule has 0 aromatic carbocycles.